The molecular weight excluding hydrogens is 224 g/mol. The lowest BCUT2D eigenvalue weighted by atomic mass is 10.1. The van der Waals surface area contributed by atoms with E-state index in [1.807, 2.05) is 37.0 Å². The zero-order valence-corrected chi connectivity index (χ0v) is 9.94. The second-order valence-corrected chi connectivity index (χ2v) is 3.90. The molecule has 0 bridgehead atoms. The van der Waals surface area contributed by atoms with Crippen LogP contribution in [-0.2, 0) is 7.05 Å². The Morgan fingerprint density at radius 2 is 2.19 bits per heavy atom. The van der Waals surface area contributed by atoms with E-state index in [-0.39, 0.29) is 6.04 Å². The Hall–Kier alpha value is -1.39. The lowest BCUT2D eigenvalue weighted by Gasteiger charge is -2.16. The number of imidazole rings is 1. The van der Waals surface area contributed by atoms with Gasteiger partial charge in [0.2, 0.25) is 0 Å². The third kappa shape index (κ3) is 1.94. The Labute approximate surface area is 99.3 Å². The fourth-order valence-electron chi connectivity index (χ4n) is 1.65. The van der Waals surface area contributed by atoms with E-state index in [9.17, 15) is 0 Å². The van der Waals surface area contributed by atoms with Crippen LogP contribution in [0.4, 0.5) is 0 Å². The number of nitrogens with zero attached hydrogens (tertiary/aromatic N) is 3. The Bertz CT molecular complexity index is 480. The highest BCUT2D eigenvalue weighted by Gasteiger charge is 2.19. The molecule has 5 heteroatoms. The van der Waals surface area contributed by atoms with Crippen LogP contribution < -0.4 is 5.32 Å². The van der Waals surface area contributed by atoms with E-state index < -0.39 is 0 Å². The van der Waals surface area contributed by atoms with Gasteiger partial charge in [0, 0.05) is 25.6 Å². The summed E-state index contributed by atoms with van der Waals surface area (Å²) in [5.74, 6) is 0.892. The van der Waals surface area contributed by atoms with Gasteiger partial charge in [0.15, 0.2) is 0 Å². The van der Waals surface area contributed by atoms with Gasteiger partial charge in [-0.15, -0.1) is 0 Å². The maximum Gasteiger partial charge on any atom is 0.131 e. The summed E-state index contributed by atoms with van der Waals surface area (Å²) in [6, 6.07) is 3.56. The second kappa shape index (κ2) is 4.63. The average molecular weight is 237 g/mol. The highest BCUT2D eigenvalue weighted by molar-refractivity contribution is 6.31. The minimum absolute atomic E-state index is 0.0892. The Morgan fingerprint density at radius 1 is 1.38 bits per heavy atom. The number of aryl methyl sites for hydroxylation is 1. The number of halogens is 1. The monoisotopic (exact) mass is 236 g/mol. The van der Waals surface area contributed by atoms with Crippen LogP contribution in [0, 0.1) is 0 Å². The minimum atomic E-state index is -0.0892. The molecule has 2 aromatic heterocycles. The van der Waals surface area contributed by atoms with Gasteiger partial charge in [0.25, 0.3) is 0 Å². The third-order valence-corrected chi connectivity index (χ3v) is 2.79. The highest BCUT2D eigenvalue weighted by Crippen LogP contribution is 2.24. The van der Waals surface area contributed by atoms with Crippen molar-refractivity contribution in [3.63, 3.8) is 0 Å². The minimum Gasteiger partial charge on any atom is -0.336 e. The fraction of sp³-hybridized carbons (Fsp3) is 0.273. The summed E-state index contributed by atoms with van der Waals surface area (Å²) in [6.07, 6.45) is 5.39. The van der Waals surface area contributed by atoms with Gasteiger partial charge in [-0.3, -0.25) is 4.98 Å². The molecule has 1 N–H and O–H groups in total. The van der Waals surface area contributed by atoms with Crippen LogP contribution in [0.1, 0.15) is 17.6 Å². The smallest absolute Gasteiger partial charge is 0.131 e. The Morgan fingerprint density at radius 3 is 2.75 bits per heavy atom. The molecular formula is C11H13ClN4. The van der Waals surface area contributed by atoms with Crippen molar-refractivity contribution >= 4 is 11.6 Å². The molecule has 2 heterocycles. The molecule has 0 saturated heterocycles. The molecule has 0 saturated carbocycles. The molecule has 2 rings (SSSR count). The molecule has 16 heavy (non-hydrogen) atoms. The predicted octanol–water partition coefficient (Wildman–Crippen LogP) is 1.78. The molecule has 0 aliphatic heterocycles. The molecule has 2 aromatic rings. The van der Waals surface area contributed by atoms with Crippen LogP contribution in [0.5, 0.6) is 0 Å². The lowest BCUT2D eigenvalue weighted by molar-refractivity contribution is 0.603. The van der Waals surface area contributed by atoms with E-state index in [2.05, 4.69) is 15.3 Å². The van der Waals surface area contributed by atoms with E-state index in [1.54, 1.807) is 12.4 Å². The zero-order chi connectivity index (χ0) is 11.5. The number of pyridine rings is 1. The molecule has 0 aliphatic carbocycles. The van der Waals surface area contributed by atoms with Crippen LogP contribution in [0.15, 0.2) is 30.7 Å². The van der Waals surface area contributed by atoms with Crippen LogP contribution in [-0.4, -0.2) is 21.6 Å². The lowest BCUT2D eigenvalue weighted by Crippen LogP contribution is -2.22. The van der Waals surface area contributed by atoms with Crippen LogP contribution in [0.3, 0.4) is 0 Å². The maximum atomic E-state index is 6.13. The van der Waals surface area contributed by atoms with Gasteiger partial charge in [0.1, 0.15) is 11.9 Å². The topological polar surface area (TPSA) is 42.7 Å². The SMILES string of the molecule is CNC(c1ncccc1Cl)c1nccn1C. The molecule has 0 amide bonds. The normalized spacial score (nSPS) is 12.7. The van der Waals surface area contributed by atoms with Crippen LogP contribution in [0.25, 0.3) is 0 Å². The Kier molecular flexibility index (Phi) is 3.22. The third-order valence-electron chi connectivity index (χ3n) is 2.47. The first kappa shape index (κ1) is 11.1. The maximum absolute atomic E-state index is 6.13. The second-order valence-electron chi connectivity index (χ2n) is 3.49. The van der Waals surface area contributed by atoms with Crippen molar-refractivity contribution in [1.29, 1.82) is 0 Å². The van der Waals surface area contributed by atoms with Crippen molar-refractivity contribution in [2.45, 2.75) is 6.04 Å². The number of hydrogen-bond acceptors (Lipinski definition) is 3. The van der Waals surface area contributed by atoms with Crippen molar-refractivity contribution in [1.82, 2.24) is 19.9 Å². The van der Waals surface area contributed by atoms with Gasteiger partial charge in [-0.05, 0) is 19.2 Å². The number of nitrogens with one attached hydrogen (secondary N) is 1. The van der Waals surface area contributed by atoms with E-state index in [0.29, 0.717) is 5.02 Å². The first-order chi connectivity index (χ1) is 7.74. The van der Waals surface area contributed by atoms with E-state index in [1.165, 1.54) is 0 Å². The summed E-state index contributed by atoms with van der Waals surface area (Å²) in [4.78, 5) is 8.61. The van der Waals surface area contributed by atoms with Crippen molar-refractivity contribution in [2.75, 3.05) is 7.05 Å². The molecule has 1 atom stereocenters. The van der Waals surface area contributed by atoms with Gasteiger partial charge in [-0.2, -0.15) is 0 Å². The van der Waals surface area contributed by atoms with E-state index in [4.69, 9.17) is 11.6 Å². The first-order valence-electron chi connectivity index (χ1n) is 4.99. The highest BCUT2D eigenvalue weighted by atomic mass is 35.5. The summed E-state index contributed by atoms with van der Waals surface area (Å²) >= 11 is 6.13. The number of aromatic nitrogens is 3. The summed E-state index contributed by atoms with van der Waals surface area (Å²) in [7, 11) is 3.81. The van der Waals surface area contributed by atoms with Gasteiger partial charge >= 0.3 is 0 Å². The largest absolute Gasteiger partial charge is 0.336 e. The van der Waals surface area contributed by atoms with Gasteiger partial charge in [0.05, 0.1) is 10.7 Å². The van der Waals surface area contributed by atoms with Gasteiger partial charge in [-0.1, -0.05) is 11.6 Å². The van der Waals surface area contributed by atoms with Crippen LogP contribution in [0.2, 0.25) is 5.02 Å². The molecule has 0 fully saturated rings. The van der Waals surface area contributed by atoms with Crippen molar-refractivity contribution in [3.05, 3.63) is 47.3 Å². The van der Waals surface area contributed by atoms with Crippen molar-refractivity contribution in [3.8, 4) is 0 Å². The zero-order valence-electron chi connectivity index (χ0n) is 9.18. The molecule has 84 valence electrons. The molecule has 4 nitrogen and oxygen atoms in total. The van der Waals surface area contributed by atoms with Gasteiger partial charge in [-0.25, -0.2) is 4.98 Å². The van der Waals surface area contributed by atoms with Crippen molar-refractivity contribution in [2.24, 2.45) is 7.05 Å². The molecule has 1 unspecified atom stereocenters. The quantitative estimate of drug-likeness (QED) is 0.884. The summed E-state index contributed by atoms with van der Waals surface area (Å²) in [6.45, 7) is 0. The standard InChI is InChI=1S/C11H13ClN4/c1-13-10(11-15-6-7-16(11)2)9-8(12)4-3-5-14-9/h3-7,10,13H,1-2H3. The molecule has 0 aliphatic rings. The van der Waals surface area contributed by atoms with E-state index >= 15 is 0 Å². The van der Waals surface area contributed by atoms with E-state index in [0.717, 1.165) is 11.5 Å². The van der Waals surface area contributed by atoms with Crippen LogP contribution >= 0.6 is 11.6 Å². The summed E-state index contributed by atoms with van der Waals surface area (Å²) in [5.41, 5.74) is 0.793. The van der Waals surface area contributed by atoms with Gasteiger partial charge < -0.3 is 9.88 Å². The fourth-order valence-corrected chi connectivity index (χ4v) is 1.88. The van der Waals surface area contributed by atoms with Crippen molar-refractivity contribution < 1.29 is 0 Å². The first-order valence-corrected chi connectivity index (χ1v) is 5.36. The molecule has 0 radical (unpaired) electrons. The molecule has 0 aromatic carbocycles. The number of rotatable bonds is 3. The average Bonchev–Trinajstić information content (AvgIpc) is 2.69. The Balaban J connectivity index is 2.45. The predicted molar refractivity (Wildman–Crippen MR) is 63.4 cm³/mol. The molecule has 0 spiro atoms. The number of hydrogen-bond donors (Lipinski definition) is 1. The summed E-state index contributed by atoms with van der Waals surface area (Å²) < 4.78 is 1.95. The summed E-state index contributed by atoms with van der Waals surface area (Å²) in [5, 5.41) is 3.82.